The van der Waals surface area contributed by atoms with E-state index in [0.717, 1.165) is 15.8 Å². The van der Waals surface area contributed by atoms with Crippen LogP contribution in [0.2, 0.25) is 5.02 Å². The monoisotopic (exact) mass is 328 g/mol. The van der Waals surface area contributed by atoms with Crippen LogP contribution in [0, 0.1) is 5.92 Å². The van der Waals surface area contributed by atoms with E-state index in [1.807, 2.05) is 12.1 Å². The number of halogens is 2. The molecular formula is C16H22BrCl. The molecule has 0 N–H and O–H groups in total. The van der Waals surface area contributed by atoms with Gasteiger partial charge in [-0.25, -0.2) is 0 Å². The SMILES string of the molecule is Clc1ccc(CCCCC2CCC(Br)CC2)cc1. The number of aryl methyl sites for hydroxylation is 1. The van der Waals surface area contributed by atoms with Crippen LogP contribution in [0.1, 0.15) is 50.5 Å². The van der Waals surface area contributed by atoms with Crippen molar-refractivity contribution in [2.24, 2.45) is 5.92 Å². The minimum Gasteiger partial charge on any atom is -0.0891 e. The zero-order valence-corrected chi connectivity index (χ0v) is 13.2. The van der Waals surface area contributed by atoms with Crippen molar-refractivity contribution in [3.63, 3.8) is 0 Å². The molecule has 0 unspecified atom stereocenters. The molecule has 0 aromatic heterocycles. The van der Waals surface area contributed by atoms with Gasteiger partial charge in [0.15, 0.2) is 0 Å². The van der Waals surface area contributed by atoms with Gasteiger partial charge in [0.05, 0.1) is 0 Å². The third kappa shape index (κ3) is 4.93. The van der Waals surface area contributed by atoms with Gasteiger partial charge in [-0.3, -0.25) is 0 Å². The molecular weight excluding hydrogens is 308 g/mol. The maximum Gasteiger partial charge on any atom is 0.0406 e. The molecule has 2 heteroatoms. The third-order valence-corrected chi connectivity index (χ3v) is 5.19. The summed E-state index contributed by atoms with van der Waals surface area (Å²) in [6.07, 6.45) is 10.9. The van der Waals surface area contributed by atoms with Crippen molar-refractivity contribution in [1.82, 2.24) is 0 Å². The van der Waals surface area contributed by atoms with Gasteiger partial charge in [-0.05, 0) is 62.1 Å². The van der Waals surface area contributed by atoms with Crippen molar-refractivity contribution in [2.75, 3.05) is 0 Å². The second kappa shape index (κ2) is 7.55. The number of benzene rings is 1. The van der Waals surface area contributed by atoms with Crippen molar-refractivity contribution >= 4 is 27.5 Å². The van der Waals surface area contributed by atoms with Crippen LogP contribution in [0.5, 0.6) is 0 Å². The van der Waals surface area contributed by atoms with Gasteiger partial charge in [-0.2, -0.15) is 0 Å². The highest BCUT2D eigenvalue weighted by atomic mass is 79.9. The molecule has 0 atom stereocenters. The lowest BCUT2D eigenvalue weighted by molar-refractivity contribution is 0.338. The summed E-state index contributed by atoms with van der Waals surface area (Å²) in [5.41, 5.74) is 1.42. The second-order valence-electron chi connectivity index (χ2n) is 5.49. The Morgan fingerprint density at radius 3 is 2.33 bits per heavy atom. The van der Waals surface area contributed by atoms with Gasteiger partial charge in [-0.15, -0.1) is 0 Å². The van der Waals surface area contributed by atoms with Crippen molar-refractivity contribution in [2.45, 2.75) is 56.2 Å². The molecule has 0 heterocycles. The zero-order valence-electron chi connectivity index (χ0n) is 10.9. The van der Waals surface area contributed by atoms with Gasteiger partial charge < -0.3 is 0 Å². The van der Waals surface area contributed by atoms with Gasteiger partial charge in [-0.1, -0.05) is 52.5 Å². The first kappa shape index (κ1) is 14.4. The van der Waals surface area contributed by atoms with E-state index in [9.17, 15) is 0 Å². The van der Waals surface area contributed by atoms with Crippen molar-refractivity contribution in [3.8, 4) is 0 Å². The lowest BCUT2D eigenvalue weighted by Crippen LogP contribution is -2.13. The van der Waals surface area contributed by atoms with Gasteiger partial charge in [0, 0.05) is 9.85 Å². The van der Waals surface area contributed by atoms with Crippen LogP contribution in [0.4, 0.5) is 0 Å². The topological polar surface area (TPSA) is 0 Å². The molecule has 0 amide bonds. The number of hydrogen-bond donors (Lipinski definition) is 0. The standard InChI is InChI=1S/C16H22BrCl/c17-15-9-5-13(6-10-15)3-1-2-4-14-7-11-16(18)12-8-14/h7-8,11-13,15H,1-6,9-10H2. The Balaban J connectivity index is 1.60. The van der Waals surface area contributed by atoms with Crippen LogP contribution in [0.25, 0.3) is 0 Å². The molecule has 0 radical (unpaired) electrons. The number of alkyl halides is 1. The highest BCUT2D eigenvalue weighted by molar-refractivity contribution is 9.09. The normalized spacial score (nSPS) is 24.1. The van der Waals surface area contributed by atoms with Crippen LogP contribution in [0.3, 0.4) is 0 Å². The van der Waals surface area contributed by atoms with Gasteiger partial charge in [0.2, 0.25) is 0 Å². The highest BCUT2D eigenvalue weighted by Crippen LogP contribution is 2.31. The van der Waals surface area contributed by atoms with Gasteiger partial charge in [0.25, 0.3) is 0 Å². The molecule has 1 saturated carbocycles. The summed E-state index contributed by atoms with van der Waals surface area (Å²) in [7, 11) is 0. The summed E-state index contributed by atoms with van der Waals surface area (Å²) >= 11 is 9.61. The van der Waals surface area contributed by atoms with Gasteiger partial charge >= 0.3 is 0 Å². The van der Waals surface area contributed by atoms with Crippen molar-refractivity contribution < 1.29 is 0 Å². The molecule has 1 fully saturated rings. The predicted molar refractivity (Wildman–Crippen MR) is 83.7 cm³/mol. The minimum absolute atomic E-state index is 0.794. The smallest absolute Gasteiger partial charge is 0.0406 e. The summed E-state index contributed by atoms with van der Waals surface area (Å²) in [4.78, 5) is 0.794. The Morgan fingerprint density at radius 1 is 1.00 bits per heavy atom. The van der Waals surface area contributed by atoms with E-state index in [2.05, 4.69) is 28.1 Å². The largest absolute Gasteiger partial charge is 0.0891 e. The molecule has 2 rings (SSSR count). The van der Waals surface area contributed by atoms with E-state index in [1.165, 1.54) is 56.9 Å². The average Bonchev–Trinajstić information content (AvgIpc) is 2.39. The Labute approximate surface area is 124 Å². The van der Waals surface area contributed by atoms with E-state index >= 15 is 0 Å². The second-order valence-corrected chi connectivity index (χ2v) is 7.22. The van der Waals surface area contributed by atoms with Crippen LogP contribution in [-0.2, 0) is 6.42 Å². The molecule has 0 nitrogen and oxygen atoms in total. The van der Waals surface area contributed by atoms with Crippen LogP contribution in [0.15, 0.2) is 24.3 Å². The summed E-state index contributed by atoms with van der Waals surface area (Å²) in [6.45, 7) is 0. The van der Waals surface area contributed by atoms with Crippen molar-refractivity contribution in [3.05, 3.63) is 34.9 Å². The summed E-state index contributed by atoms with van der Waals surface area (Å²) in [6, 6.07) is 8.29. The molecule has 0 saturated heterocycles. The lowest BCUT2D eigenvalue weighted by Gasteiger charge is -2.25. The molecule has 0 bridgehead atoms. The lowest BCUT2D eigenvalue weighted by atomic mass is 9.85. The number of rotatable bonds is 5. The van der Waals surface area contributed by atoms with E-state index in [4.69, 9.17) is 11.6 Å². The molecule has 1 aromatic carbocycles. The van der Waals surface area contributed by atoms with E-state index in [0.29, 0.717) is 0 Å². The quantitative estimate of drug-likeness (QED) is 0.458. The fraction of sp³-hybridized carbons (Fsp3) is 0.625. The minimum atomic E-state index is 0.794. The Kier molecular flexibility index (Phi) is 6.04. The predicted octanol–water partition coefficient (Wildman–Crippen LogP) is 6.01. The molecule has 0 spiro atoms. The molecule has 100 valence electrons. The van der Waals surface area contributed by atoms with Crippen LogP contribution >= 0.6 is 27.5 Å². The third-order valence-electron chi connectivity index (χ3n) is 4.02. The Bertz CT molecular complexity index is 339. The first-order valence-corrected chi connectivity index (χ1v) is 8.42. The summed E-state index contributed by atoms with van der Waals surface area (Å²) in [5.74, 6) is 0.990. The Hall–Kier alpha value is -0.0100. The van der Waals surface area contributed by atoms with Crippen LogP contribution < -0.4 is 0 Å². The van der Waals surface area contributed by atoms with E-state index < -0.39 is 0 Å². The summed E-state index contributed by atoms with van der Waals surface area (Å²) < 4.78 is 0. The fourth-order valence-corrected chi connectivity index (χ4v) is 3.48. The number of hydrogen-bond acceptors (Lipinski definition) is 0. The van der Waals surface area contributed by atoms with Crippen LogP contribution in [-0.4, -0.2) is 4.83 Å². The molecule has 0 aliphatic heterocycles. The first-order valence-electron chi connectivity index (χ1n) is 7.12. The fourth-order valence-electron chi connectivity index (χ4n) is 2.82. The molecule has 1 aromatic rings. The Morgan fingerprint density at radius 2 is 1.67 bits per heavy atom. The molecule has 1 aliphatic rings. The molecule has 1 aliphatic carbocycles. The maximum atomic E-state index is 5.88. The summed E-state index contributed by atoms with van der Waals surface area (Å²) in [5, 5.41) is 0.838. The van der Waals surface area contributed by atoms with E-state index in [1.54, 1.807) is 0 Å². The van der Waals surface area contributed by atoms with E-state index in [-0.39, 0.29) is 0 Å². The van der Waals surface area contributed by atoms with Crippen molar-refractivity contribution in [1.29, 1.82) is 0 Å². The maximum absolute atomic E-state index is 5.88. The zero-order chi connectivity index (χ0) is 12.8. The first-order chi connectivity index (χ1) is 8.74. The van der Waals surface area contributed by atoms with Gasteiger partial charge in [0.1, 0.15) is 0 Å². The highest BCUT2D eigenvalue weighted by Gasteiger charge is 2.18. The average molecular weight is 330 g/mol. The molecule has 18 heavy (non-hydrogen) atoms. The number of unbranched alkanes of at least 4 members (excludes halogenated alkanes) is 1.